The van der Waals surface area contributed by atoms with E-state index in [0.717, 1.165) is 38.9 Å². The van der Waals surface area contributed by atoms with Gasteiger partial charge in [0, 0.05) is 22.0 Å². The molecule has 4 rings (SSSR count). The molecule has 0 radical (unpaired) electrons. The summed E-state index contributed by atoms with van der Waals surface area (Å²) in [6, 6.07) is 13.6. The fraction of sp³-hybridized carbons (Fsp3) is 0.333. The molecule has 172 valence electrons. The predicted molar refractivity (Wildman–Crippen MR) is 128 cm³/mol. The van der Waals surface area contributed by atoms with Crippen molar-refractivity contribution in [3.8, 4) is 11.5 Å². The lowest BCUT2D eigenvalue weighted by molar-refractivity contribution is -0.142. The molecule has 1 amide bonds. The summed E-state index contributed by atoms with van der Waals surface area (Å²) in [7, 11) is 0. The SMILES string of the molecule is CCOC(=O)Cc1ccc(N2Cc3c(c(OCC)c4ccccc4c3OCC)C2=O)c(C)c1. The highest BCUT2D eigenvalue weighted by atomic mass is 16.5. The Balaban J connectivity index is 1.78. The van der Waals surface area contributed by atoms with Crippen molar-refractivity contribution in [1.82, 2.24) is 0 Å². The minimum absolute atomic E-state index is 0.110. The molecule has 3 aromatic rings. The number of benzene rings is 3. The smallest absolute Gasteiger partial charge is 0.310 e. The highest BCUT2D eigenvalue weighted by molar-refractivity contribution is 6.17. The number of hydrogen-bond donors (Lipinski definition) is 0. The lowest BCUT2D eigenvalue weighted by atomic mass is 9.99. The predicted octanol–water partition coefficient (Wildman–Crippen LogP) is 5.21. The second kappa shape index (κ2) is 9.53. The molecule has 33 heavy (non-hydrogen) atoms. The number of nitrogens with zero attached hydrogens (tertiary/aromatic N) is 1. The molecule has 3 aromatic carbocycles. The first kappa shape index (κ1) is 22.6. The van der Waals surface area contributed by atoms with Crippen LogP contribution in [0.4, 0.5) is 5.69 Å². The van der Waals surface area contributed by atoms with Gasteiger partial charge in [0.2, 0.25) is 0 Å². The number of fused-ring (bicyclic) bond motifs is 2. The zero-order valence-electron chi connectivity index (χ0n) is 19.6. The summed E-state index contributed by atoms with van der Waals surface area (Å²) in [6.07, 6.45) is 0.206. The number of aryl methyl sites for hydroxylation is 1. The number of ether oxygens (including phenoxy) is 3. The molecule has 0 saturated heterocycles. The minimum atomic E-state index is -0.260. The Morgan fingerprint density at radius 2 is 1.61 bits per heavy atom. The van der Waals surface area contributed by atoms with Gasteiger partial charge in [-0.3, -0.25) is 9.59 Å². The normalized spacial score (nSPS) is 12.7. The molecule has 1 aliphatic heterocycles. The maximum absolute atomic E-state index is 13.7. The first-order valence-corrected chi connectivity index (χ1v) is 11.4. The van der Waals surface area contributed by atoms with Crippen LogP contribution in [0.5, 0.6) is 11.5 Å². The van der Waals surface area contributed by atoms with Crippen molar-refractivity contribution >= 4 is 28.3 Å². The maximum Gasteiger partial charge on any atom is 0.310 e. The number of esters is 1. The molecule has 6 heteroatoms. The van der Waals surface area contributed by atoms with Crippen LogP contribution >= 0.6 is 0 Å². The zero-order chi connectivity index (χ0) is 23.5. The van der Waals surface area contributed by atoms with E-state index < -0.39 is 0 Å². The van der Waals surface area contributed by atoms with Crippen molar-refractivity contribution in [2.75, 3.05) is 24.7 Å². The van der Waals surface area contributed by atoms with Crippen LogP contribution in [-0.4, -0.2) is 31.7 Å². The first-order valence-electron chi connectivity index (χ1n) is 11.4. The summed E-state index contributed by atoms with van der Waals surface area (Å²) in [5, 5.41) is 1.82. The van der Waals surface area contributed by atoms with Gasteiger partial charge in [0.25, 0.3) is 5.91 Å². The summed E-state index contributed by atoms with van der Waals surface area (Å²) >= 11 is 0. The van der Waals surface area contributed by atoms with Gasteiger partial charge in [-0.1, -0.05) is 36.4 Å². The van der Waals surface area contributed by atoms with Gasteiger partial charge in [-0.2, -0.15) is 0 Å². The third-order valence-corrected chi connectivity index (χ3v) is 5.78. The highest BCUT2D eigenvalue weighted by Crippen LogP contribution is 2.46. The van der Waals surface area contributed by atoms with Crippen molar-refractivity contribution in [2.45, 2.75) is 40.7 Å². The molecular weight excluding hydrogens is 418 g/mol. The topological polar surface area (TPSA) is 65.1 Å². The first-order chi connectivity index (χ1) is 16.0. The van der Waals surface area contributed by atoms with E-state index in [4.69, 9.17) is 14.2 Å². The van der Waals surface area contributed by atoms with E-state index in [9.17, 15) is 9.59 Å². The van der Waals surface area contributed by atoms with E-state index in [0.29, 0.717) is 37.7 Å². The largest absolute Gasteiger partial charge is 0.493 e. The van der Waals surface area contributed by atoms with Crippen molar-refractivity contribution in [1.29, 1.82) is 0 Å². The Hall–Kier alpha value is -3.54. The van der Waals surface area contributed by atoms with E-state index in [2.05, 4.69) is 0 Å². The third-order valence-electron chi connectivity index (χ3n) is 5.78. The second-order valence-electron chi connectivity index (χ2n) is 7.92. The maximum atomic E-state index is 13.7. The molecule has 0 bridgehead atoms. The Labute approximate surface area is 194 Å². The number of carbonyl (C=O) groups is 2. The molecule has 1 aliphatic rings. The van der Waals surface area contributed by atoms with E-state index in [-0.39, 0.29) is 18.3 Å². The number of amides is 1. The van der Waals surface area contributed by atoms with E-state index in [1.54, 1.807) is 11.8 Å². The molecule has 0 unspecified atom stereocenters. The van der Waals surface area contributed by atoms with Crippen LogP contribution in [0, 0.1) is 6.92 Å². The van der Waals surface area contributed by atoms with Crippen molar-refractivity contribution in [3.63, 3.8) is 0 Å². The summed E-state index contributed by atoms with van der Waals surface area (Å²) in [6.45, 7) is 9.31. The average Bonchev–Trinajstić information content (AvgIpc) is 3.13. The summed E-state index contributed by atoms with van der Waals surface area (Å²) < 4.78 is 17.1. The van der Waals surface area contributed by atoms with E-state index in [1.165, 1.54) is 0 Å². The van der Waals surface area contributed by atoms with Gasteiger partial charge >= 0.3 is 5.97 Å². The van der Waals surface area contributed by atoms with Crippen molar-refractivity contribution in [3.05, 3.63) is 64.7 Å². The van der Waals surface area contributed by atoms with E-state index >= 15 is 0 Å². The monoisotopic (exact) mass is 447 g/mol. The Bertz CT molecular complexity index is 1220. The van der Waals surface area contributed by atoms with Crippen LogP contribution in [0.25, 0.3) is 10.8 Å². The van der Waals surface area contributed by atoms with E-state index in [1.807, 2.05) is 63.2 Å². The molecular formula is C27H29NO5. The van der Waals surface area contributed by atoms with Crippen LogP contribution in [0.3, 0.4) is 0 Å². The van der Waals surface area contributed by atoms with Crippen molar-refractivity contribution < 1.29 is 23.8 Å². The Morgan fingerprint density at radius 3 is 2.24 bits per heavy atom. The number of rotatable bonds is 8. The van der Waals surface area contributed by atoms with Crippen LogP contribution in [-0.2, 0) is 22.5 Å². The molecule has 0 N–H and O–H groups in total. The third kappa shape index (κ3) is 4.13. The van der Waals surface area contributed by atoms with Crippen molar-refractivity contribution in [2.24, 2.45) is 0 Å². The fourth-order valence-electron chi connectivity index (χ4n) is 4.48. The van der Waals surface area contributed by atoms with Crippen LogP contribution in [0.1, 0.15) is 47.8 Å². The van der Waals surface area contributed by atoms with Gasteiger partial charge < -0.3 is 19.1 Å². The van der Waals surface area contributed by atoms with Crippen LogP contribution in [0.15, 0.2) is 42.5 Å². The molecule has 6 nitrogen and oxygen atoms in total. The number of anilines is 1. The molecule has 0 atom stereocenters. The molecule has 1 heterocycles. The molecule has 0 fully saturated rings. The molecule has 0 spiro atoms. The lowest BCUT2D eigenvalue weighted by Gasteiger charge is -2.19. The minimum Gasteiger partial charge on any atom is -0.493 e. The molecule has 0 aromatic heterocycles. The Morgan fingerprint density at radius 1 is 0.939 bits per heavy atom. The highest BCUT2D eigenvalue weighted by Gasteiger charge is 2.37. The van der Waals surface area contributed by atoms with Crippen LogP contribution < -0.4 is 14.4 Å². The molecule has 0 aliphatic carbocycles. The zero-order valence-corrected chi connectivity index (χ0v) is 19.6. The number of hydrogen-bond acceptors (Lipinski definition) is 5. The van der Waals surface area contributed by atoms with Gasteiger partial charge in [0.15, 0.2) is 0 Å². The summed E-state index contributed by atoms with van der Waals surface area (Å²) in [5.41, 5.74) is 3.99. The standard InChI is InChI=1S/C27H29NO5/c1-5-31-23(29)15-18-12-13-22(17(4)14-18)28-16-21-24(27(28)30)26(33-7-3)20-11-9-8-10-19(20)25(21)32-6-2/h8-14H,5-7,15-16H2,1-4H3. The Kier molecular flexibility index (Phi) is 6.54. The van der Waals surface area contributed by atoms with Gasteiger partial charge in [-0.15, -0.1) is 0 Å². The second-order valence-corrected chi connectivity index (χ2v) is 7.92. The van der Waals surface area contributed by atoms with Gasteiger partial charge in [0.1, 0.15) is 11.5 Å². The number of carbonyl (C=O) groups excluding carboxylic acids is 2. The fourth-order valence-corrected chi connectivity index (χ4v) is 4.48. The molecule has 0 saturated carbocycles. The quantitative estimate of drug-likeness (QED) is 0.444. The summed E-state index contributed by atoms with van der Waals surface area (Å²) in [4.78, 5) is 27.3. The van der Waals surface area contributed by atoms with Gasteiger partial charge in [0.05, 0.1) is 38.3 Å². The van der Waals surface area contributed by atoms with Gasteiger partial charge in [-0.05, 0) is 44.9 Å². The van der Waals surface area contributed by atoms with Gasteiger partial charge in [-0.25, -0.2) is 0 Å². The van der Waals surface area contributed by atoms with Crippen LogP contribution in [0.2, 0.25) is 0 Å². The lowest BCUT2D eigenvalue weighted by Crippen LogP contribution is -2.24. The summed E-state index contributed by atoms with van der Waals surface area (Å²) in [5.74, 6) is 0.972. The average molecular weight is 448 g/mol.